The summed E-state index contributed by atoms with van der Waals surface area (Å²) in [7, 11) is 3.70. The number of amides is 2. The maximum atomic E-state index is 13.5. The van der Waals surface area contributed by atoms with E-state index in [1.54, 1.807) is 20.8 Å². The van der Waals surface area contributed by atoms with Gasteiger partial charge in [-0.05, 0) is 17.7 Å². The van der Waals surface area contributed by atoms with Gasteiger partial charge in [0, 0.05) is 19.9 Å². The molecule has 5 heterocycles. The van der Waals surface area contributed by atoms with Crippen molar-refractivity contribution in [1.29, 1.82) is 0 Å². The number of carbonyl (C=O) groups is 3. The zero-order chi connectivity index (χ0) is 21.4. The number of likely N-dealkylation sites (N-methyl/N-ethyl adjacent to an activating group) is 1. The Hall–Kier alpha value is -0.850. The average Bonchev–Trinajstić information content (AvgIpc) is 3.12. The summed E-state index contributed by atoms with van der Waals surface area (Å²) in [5.41, 5.74) is -4.35. The minimum absolute atomic E-state index is 0.0888. The number of Topliss-reactive ketones (excluding diaryl/α,β-unsaturated/α-hetero) is 1. The van der Waals surface area contributed by atoms with Gasteiger partial charge in [0.05, 0.1) is 24.2 Å². The Bertz CT molecular complexity index is 869. The van der Waals surface area contributed by atoms with Crippen LogP contribution in [0.3, 0.4) is 0 Å². The Morgan fingerprint density at radius 1 is 1.21 bits per heavy atom. The fraction of sp³-hybridized carbons (Fsp3) is 0.833. The molecule has 1 saturated carbocycles. The van der Waals surface area contributed by atoms with Crippen molar-refractivity contribution in [2.45, 2.75) is 72.8 Å². The molecule has 9 nitrogen and oxygen atoms in total. The van der Waals surface area contributed by atoms with E-state index in [4.69, 9.17) is 4.74 Å². The lowest BCUT2D eigenvalue weighted by Crippen LogP contribution is -2.77. The van der Waals surface area contributed by atoms with Crippen molar-refractivity contribution in [1.82, 2.24) is 9.80 Å². The number of hydrogen-bond acceptors (Lipinski definition) is 9. The number of fused-ring (bicyclic) bond motifs is 3. The molecule has 0 aromatic carbocycles. The number of aliphatic hydroxyl groups is 3. The van der Waals surface area contributed by atoms with Gasteiger partial charge in [-0.2, -0.15) is 0 Å². The van der Waals surface area contributed by atoms with Crippen LogP contribution in [0.5, 0.6) is 0 Å². The maximum absolute atomic E-state index is 13.5. The normalized spacial score (nSPS) is 52.7. The van der Waals surface area contributed by atoms with Crippen LogP contribution in [0.25, 0.3) is 0 Å². The Kier molecular flexibility index (Phi) is 3.67. The van der Waals surface area contributed by atoms with Crippen LogP contribution in [-0.4, -0.2) is 95.6 Å². The third-order valence-electron chi connectivity index (χ3n) is 7.85. The smallest absolute Gasteiger partial charge is 0.264 e. The van der Waals surface area contributed by atoms with Crippen molar-refractivity contribution in [2.24, 2.45) is 5.41 Å². The minimum Gasteiger partial charge on any atom is -0.392 e. The van der Waals surface area contributed by atoms with Crippen molar-refractivity contribution in [2.75, 3.05) is 13.7 Å². The molecule has 2 bridgehead atoms. The molecule has 5 saturated heterocycles. The van der Waals surface area contributed by atoms with E-state index in [-0.39, 0.29) is 18.6 Å². The molecule has 29 heavy (non-hydrogen) atoms. The second-order valence-corrected chi connectivity index (χ2v) is 12.1. The summed E-state index contributed by atoms with van der Waals surface area (Å²) in [5, 5.41) is 32.8. The summed E-state index contributed by atoms with van der Waals surface area (Å²) in [6.45, 7) is 4.65. The van der Waals surface area contributed by atoms with Crippen LogP contribution in [0.1, 0.15) is 33.6 Å². The standard InChI is InChI=1S/C18H24N2O7S2/c1-8-14(2,3)10(22)16(27-8)5-9-15(26,11(16)23)6-17-12(24)19(4)18(7-21,29-28-17)13(25)20(9)17/h8-9,11,21,23,26H,5-7H2,1-4H3/t8-,9+,11+,15-,16+,17-,18-/m1/s1. The van der Waals surface area contributed by atoms with Crippen molar-refractivity contribution in [3.05, 3.63) is 0 Å². The summed E-state index contributed by atoms with van der Waals surface area (Å²) in [4.78, 5) is 39.6. The van der Waals surface area contributed by atoms with Crippen LogP contribution in [-0.2, 0) is 19.1 Å². The highest BCUT2D eigenvalue weighted by atomic mass is 33.1. The number of carbonyl (C=O) groups excluding carboxylic acids is 3. The molecule has 2 amide bonds. The van der Waals surface area contributed by atoms with Gasteiger partial charge >= 0.3 is 0 Å². The van der Waals surface area contributed by atoms with E-state index in [0.29, 0.717) is 0 Å². The number of ketones is 1. The molecule has 160 valence electrons. The van der Waals surface area contributed by atoms with E-state index in [1.165, 1.54) is 16.8 Å². The van der Waals surface area contributed by atoms with Gasteiger partial charge in [0.1, 0.15) is 11.7 Å². The first kappa shape index (κ1) is 20.1. The first-order valence-corrected chi connectivity index (χ1v) is 11.7. The van der Waals surface area contributed by atoms with Crippen LogP contribution < -0.4 is 0 Å². The first-order valence-electron chi connectivity index (χ1n) is 9.58. The minimum atomic E-state index is -1.87. The van der Waals surface area contributed by atoms with Gasteiger partial charge in [-0.3, -0.25) is 14.4 Å². The lowest BCUT2D eigenvalue weighted by atomic mass is 9.76. The fourth-order valence-electron chi connectivity index (χ4n) is 5.76. The van der Waals surface area contributed by atoms with E-state index < -0.39 is 63.0 Å². The molecular weight excluding hydrogens is 420 g/mol. The molecule has 5 aliphatic heterocycles. The van der Waals surface area contributed by atoms with Crippen molar-refractivity contribution < 1.29 is 34.4 Å². The molecule has 7 atom stereocenters. The molecule has 0 aromatic heterocycles. The van der Waals surface area contributed by atoms with E-state index >= 15 is 0 Å². The number of ether oxygens (including phenoxy) is 1. The van der Waals surface area contributed by atoms with E-state index in [0.717, 1.165) is 21.6 Å². The van der Waals surface area contributed by atoms with E-state index in [2.05, 4.69) is 0 Å². The summed E-state index contributed by atoms with van der Waals surface area (Å²) < 4.78 is 5.99. The number of piperazine rings is 1. The summed E-state index contributed by atoms with van der Waals surface area (Å²) in [5.74, 6) is -1.20. The largest absolute Gasteiger partial charge is 0.392 e. The highest BCUT2D eigenvalue weighted by Gasteiger charge is 2.83. The topological polar surface area (TPSA) is 128 Å². The maximum Gasteiger partial charge on any atom is 0.264 e. The summed E-state index contributed by atoms with van der Waals surface area (Å²) in [6, 6.07) is -0.966. The van der Waals surface area contributed by atoms with Gasteiger partial charge in [-0.15, -0.1) is 0 Å². The zero-order valence-electron chi connectivity index (χ0n) is 16.5. The summed E-state index contributed by atoms with van der Waals surface area (Å²) >= 11 is 0. The van der Waals surface area contributed by atoms with Crippen molar-refractivity contribution in [3.63, 3.8) is 0 Å². The molecule has 6 rings (SSSR count). The molecule has 6 aliphatic rings. The average molecular weight is 445 g/mol. The van der Waals surface area contributed by atoms with Crippen LogP contribution in [0.4, 0.5) is 0 Å². The zero-order valence-corrected chi connectivity index (χ0v) is 18.2. The van der Waals surface area contributed by atoms with Crippen molar-refractivity contribution in [3.8, 4) is 0 Å². The van der Waals surface area contributed by atoms with Gasteiger partial charge < -0.3 is 29.9 Å². The third-order valence-corrected chi connectivity index (χ3v) is 11.5. The Balaban J connectivity index is 1.63. The van der Waals surface area contributed by atoms with Gasteiger partial charge in [0.25, 0.3) is 11.8 Å². The lowest BCUT2D eigenvalue weighted by Gasteiger charge is -2.58. The molecule has 0 aromatic rings. The molecule has 0 radical (unpaired) electrons. The number of hydrogen-bond donors (Lipinski definition) is 3. The van der Waals surface area contributed by atoms with Crippen LogP contribution in [0.2, 0.25) is 0 Å². The number of rotatable bonds is 1. The molecule has 2 spiro atoms. The number of nitrogens with zero attached hydrogens (tertiary/aromatic N) is 2. The lowest BCUT2D eigenvalue weighted by molar-refractivity contribution is -0.169. The quantitative estimate of drug-likeness (QED) is 0.440. The van der Waals surface area contributed by atoms with Crippen molar-refractivity contribution >= 4 is 39.2 Å². The summed E-state index contributed by atoms with van der Waals surface area (Å²) in [6.07, 6.45) is -2.34. The molecule has 11 heteroatoms. The predicted octanol–water partition coefficient (Wildman–Crippen LogP) is -0.912. The highest BCUT2D eigenvalue weighted by molar-refractivity contribution is 8.78. The van der Waals surface area contributed by atoms with E-state index in [9.17, 15) is 29.7 Å². The SMILES string of the molecule is C[C@H]1O[C@@]2(C[C@@H]3N4C(=O)[C@@]5(CO)SS[C@]4(C[C@]3(O)[C@@H]2O)C(=O)N5C)C(=O)C1(C)C. The third kappa shape index (κ3) is 1.82. The second-order valence-electron chi connectivity index (χ2n) is 9.42. The van der Waals surface area contributed by atoms with Gasteiger partial charge in [-0.1, -0.05) is 24.6 Å². The monoisotopic (exact) mass is 444 g/mol. The Morgan fingerprint density at radius 3 is 2.41 bits per heavy atom. The molecule has 0 unspecified atom stereocenters. The van der Waals surface area contributed by atoms with Crippen LogP contribution >= 0.6 is 21.6 Å². The van der Waals surface area contributed by atoms with E-state index in [1.807, 2.05) is 0 Å². The first-order chi connectivity index (χ1) is 13.3. The van der Waals surface area contributed by atoms with Gasteiger partial charge in [0.2, 0.25) is 4.87 Å². The Morgan fingerprint density at radius 2 is 1.86 bits per heavy atom. The van der Waals surface area contributed by atoms with Crippen LogP contribution in [0.15, 0.2) is 0 Å². The van der Waals surface area contributed by atoms with Gasteiger partial charge in [0.15, 0.2) is 16.3 Å². The fourth-order valence-corrected chi connectivity index (χ4v) is 9.41. The molecular formula is C18H24N2O7S2. The molecule has 3 N–H and O–H groups in total. The highest BCUT2D eigenvalue weighted by Crippen LogP contribution is 2.68. The van der Waals surface area contributed by atoms with Gasteiger partial charge in [-0.25, -0.2) is 0 Å². The second kappa shape index (κ2) is 5.31. The Labute approximate surface area is 175 Å². The molecule has 6 fully saturated rings. The predicted molar refractivity (Wildman–Crippen MR) is 103 cm³/mol. The number of aliphatic hydroxyl groups excluding tert-OH is 2. The van der Waals surface area contributed by atoms with Crippen LogP contribution in [0, 0.1) is 5.41 Å². The molecule has 1 aliphatic carbocycles.